The minimum absolute atomic E-state index is 0.190. The van der Waals surface area contributed by atoms with E-state index in [1.165, 1.54) is 4.90 Å². The van der Waals surface area contributed by atoms with Gasteiger partial charge in [0.25, 0.3) is 6.08 Å². The number of ether oxygens (including phenoxy) is 2. The lowest BCUT2D eigenvalue weighted by Gasteiger charge is -2.33. The molecule has 1 rings (SSSR count). The zero-order valence-corrected chi connectivity index (χ0v) is 12.5. The minimum Gasteiger partial charge on any atom is -0.461 e. The smallest absolute Gasteiger partial charge is 0.410 e. The molecule has 1 heterocycles. The minimum atomic E-state index is -1.89. The second-order valence-corrected chi connectivity index (χ2v) is 5.89. The number of halogens is 2. The molecule has 1 atom stereocenters. The van der Waals surface area contributed by atoms with Crippen molar-refractivity contribution in [2.45, 2.75) is 39.2 Å². The Morgan fingerprint density at radius 1 is 1.33 bits per heavy atom. The number of piperidine rings is 1. The highest BCUT2D eigenvalue weighted by Crippen LogP contribution is 2.20. The van der Waals surface area contributed by atoms with E-state index in [0.29, 0.717) is 25.5 Å². The molecule has 1 amide bonds. The Bertz CT molecular complexity index is 414. The van der Waals surface area contributed by atoms with Crippen LogP contribution in [0, 0.1) is 5.92 Å². The van der Waals surface area contributed by atoms with Crippen LogP contribution in [0.25, 0.3) is 0 Å². The SMILES string of the molecule is CC(C)(C)OC(=O)N1CCCC(C(=O)OCC=C(F)F)C1. The van der Waals surface area contributed by atoms with Gasteiger partial charge >= 0.3 is 12.1 Å². The van der Waals surface area contributed by atoms with Gasteiger partial charge in [-0.2, -0.15) is 8.78 Å². The third kappa shape index (κ3) is 6.55. The van der Waals surface area contributed by atoms with Gasteiger partial charge in [-0.1, -0.05) is 0 Å². The van der Waals surface area contributed by atoms with Crippen molar-refractivity contribution in [2.24, 2.45) is 5.92 Å². The first-order valence-corrected chi connectivity index (χ1v) is 6.85. The van der Waals surface area contributed by atoms with Gasteiger partial charge in [-0.15, -0.1) is 0 Å². The molecule has 1 saturated heterocycles. The Morgan fingerprint density at radius 2 is 2.00 bits per heavy atom. The molecule has 0 saturated carbocycles. The summed E-state index contributed by atoms with van der Waals surface area (Å²) in [5.74, 6) is -1.07. The molecule has 1 aliphatic rings. The number of likely N-dealkylation sites (tertiary alicyclic amines) is 1. The van der Waals surface area contributed by atoms with E-state index in [0.717, 1.165) is 0 Å². The van der Waals surface area contributed by atoms with Crippen molar-refractivity contribution in [3.05, 3.63) is 12.2 Å². The van der Waals surface area contributed by atoms with Gasteiger partial charge < -0.3 is 14.4 Å². The fourth-order valence-corrected chi connectivity index (χ4v) is 1.97. The maximum absolute atomic E-state index is 11.9. The number of hydrogen-bond donors (Lipinski definition) is 0. The third-order valence-electron chi connectivity index (χ3n) is 2.87. The van der Waals surface area contributed by atoms with Gasteiger partial charge in [0.2, 0.25) is 0 Å². The zero-order valence-electron chi connectivity index (χ0n) is 12.5. The van der Waals surface area contributed by atoms with Crippen LogP contribution in [-0.2, 0) is 14.3 Å². The molecule has 0 N–H and O–H groups in total. The number of amides is 1. The molecular weight excluding hydrogens is 284 g/mol. The van der Waals surface area contributed by atoms with Crippen LogP contribution in [0.3, 0.4) is 0 Å². The number of esters is 1. The molecule has 7 heteroatoms. The average molecular weight is 305 g/mol. The Kier molecular flexibility index (Phi) is 6.11. The predicted octanol–water partition coefficient (Wildman–Crippen LogP) is 2.96. The quantitative estimate of drug-likeness (QED) is 0.752. The van der Waals surface area contributed by atoms with E-state index in [1.54, 1.807) is 20.8 Å². The van der Waals surface area contributed by atoms with Crippen LogP contribution in [0.5, 0.6) is 0 Å². The van der Waals surface area contributed by atoms with Crippen molar-refractivity contribution in [3.8, 4) is 0 Å². The topological polar surface area (TPSA) is 55.8 Å². The van der Waals surface area contributed by atoms with Gasteiger partial charge in [0.1, 0.15) is 12.2 Å². The van der Waals surface area contributed by atoms with Gasteiger partial charge in [-0.25, -0.2) is 4.79 Å². The molecule has 21 heavy (non-hydrogen) atoms. The van der Waals surface area contributed by atoms with Gasteiger partial charge in [0.15, 0.2) is 0 Å². The summed E-state index contributed by atoms with van der Waals surface area (Å²) in [6.45, 7) is 5.53. The van der Waals surface area contributed by atoms with E-state index < -0.39 is 36.3 Å². The largest absolute Gasteiger partial charge is 0.461 e. The molecule has 0 aliphatic carbocycles. The number of nitrogens with zero attached hydrogens (tertiary/aromatic N) is 1. The number of hydrogen-bond acceptors (Lipinski definition) is 4. The highest BCUT2D eigenvalue weighted by molar-refractivity contribution is 5.75. The summed E-state index contributed by atoms with van der Waals surface area (Å²) in [5, 5.41) is 0. The summed E-state index contributed by atoms with van der Waals surface area (Å²) in [6, 6.07) is 0. The van der Waals surface area contributed by atoms with E-state index in [2.05, 4.69) is 0 Å². The molecule has 5 nitrogen and oxygen atoms in total. The molecule has 0 radical (unpaired) electrons. The van der Waals surface area contributed by atoms with E-state index in [9.17, 15) is 18.4 Å². The molecule has 0 aromatic rings. The van der Waals surface area contributed by atoms with E-state index in [-0.39, 0.29) is 6.54 Å². The van der Waals surface area contributed by atoms with E-state index >= 15 is 0 Å². The van der Waals surface area contributed by atoms with Gasteiger partial charge in [0.05, 0.1) is 5.92 Å². The number of carbonyl (C=O) groups excluding carboxylic acids is 2. The summed E-state index contributed by atoms with van der Waals surface area (Å²) >= 11 is 0. The molecule has 1 unspecified atom stereocenters. The average Bonchev–Trinajstić information content (AvgIpc) is 2.36. The fourth-order valence-electron chi connectivity index (χ4n) is 1.97. The summed E-state index contributed by atoms with van der Waals surface area (Å²) in [7, 11) is 0. The highest BCUT2D eigenvalue weighted by atomic mass is 19.3. The predicted molar refractivity (Wildman–Crippen MR) is 71.8 cm³/mol. The number of rotatable bonds is 3. The van der Waals surface area contributed by atoms with Crippen molar-refractivity contribution in [1.82, 2.24) is 4.90 Å². The van der Waals surface area contributed by atoms with Crippen molar-refractivity contribution >= 4 is 12.1 Å². The first-order chi connectivity index (χ1) is 9.69. The highest BCUT2D eigenvalue weighted by Gasteiger charge is 2.31. The van der Waals surface area contributed by atoms with Crippen LogP contribution in [-0.4, -0.2) is 42.3 Å². The Hall–Kier alpha value is -1.66. The summed E-state index contributed by atoms with van der Waals surface area (Å²) in [4.78, 5) is 25.1. The van der Waals surface area contributed by atoms with Crippen LogP contribution in [0.2, 0.25) is 0 Å². The van der Waals surface area contributed by atoms with Crippen LogP contribution in [0.1, 0.15) is 33.6 Å². The van der Waals surface area contributed by atoms with E-state index in [1.807, 2.05) is 0 Å². The van der Waals surface area contributed by atoms with Crippen molar-refractivity contribution in [2.75, 3.05) is 19.7 Å². The second-order valence-electron chi connectivity index (χ2n) is 5.89. The van der Waals surface area contributed by atoms with Crippen molar-refractivity contribution < 1.29 is 27.8 Å². The Labute approximate surface area is 122 Å². The summed E-state index contributed by atoms with van der Waals surface area (Å²) < 4.78 is 33.7. The zero-order chi connectivity index (χ0) is 16.0. The van der Waals surface area contributed by atoms with Crippen molar-refractivity contribution in [3.63, 3.8) is 0 Å². The lowest BCUT2D eigenvalue weighted by atomic mass is 9.98. The second kappa shape index (κ2) is 7.38. The maximum atomic E-state index is 11.9. The molecule has 0 spiro atoms. The molecule has 0 bridgehead atoms. The lowest BCUT2D eigenvalue weighted by Crippen LogP contribution is -2.45. The summed E-state index contributed by atoms with van der Waals surface area (Å²) in [6.07, 6.45) is -0.616. The monoisotopic (exact) mass is 305 g/mol. The molecule has 1 aliphatic heterocycles. The van der Waals surface area contributed by atoms with Crippen LogP contribution >= 0.6 is 0 Å². The standard InChI is InChI=1S/C14H21F2NO4/c1-14(2,3)21-13(19)17-7-4-5-10(9-17)12(18)20-8-6-11(15)16/h6,10H,4-5,7-9H2,1-3H3. The first-order valence-electron chi connectivity index (χ1n) is 6.85. The van der Waals surface area contributed by atoms with Crippen LogP contribution < -0.4 is 0 Å². The molecule has 0 aromatic carbocycles. The molecule has 120 valence electrons. The number of carbonyl (C=O) groups is 2. The molecular formula is C14H21F2NO4. The first kappa shape index (κ1) is 17.4. The van der Waals surface area contributed by atoms with Crippen LogP contribution in [0.4, 0.5) is 13.6 Å². The van der Waals surface area contributed by atoms with Gasteiger partial charge in [-0.05, 0) is 33.6 Å². The van der Waals surface area contributed by atoms with E-state index in [4.69, 9.17) is 9.47 Å². The Morgan fingerprint density at radius 3 is 2.57 bits per heavy atom. The van der Waals surface area contributed by atoms with Crippen LogP contribution in [0.15, 0.2) is 12.2 Å². The Balaban J connectivity index is 2.50. The lowest BCUT2D eigenvalue weighted by molar-refractivity contribution is -0.149. The van der Waals surface area contributed by atoms with Gasteiger partial charge in [0, 0.05) is 19.2 Å². The third-order valence-corrected chi connectivity index (χ3v) is 2.87. The normalized spacial score (nSPS) is 18.9. The fraction of sp³-hybridized carbons (Fsp3) is 0.714. The van der Waals surface area contributed by atoms with Gasteiger partial charge in [-0.3, -0.25) is 4.79 Å². The molecule has 1 fully saturated rings. The van der Waals surface area contributed by atoms with Crippen molar-refractivity contribution in [1.29, 1.82) is 0 Å². The molecule has 0 aromatic heterocycles. The maximum Gasteiger partial charge on any atom is 0.410 e. The summed E-state index contributed by atoms with van der Waals surface area (Å²) in [5.41, 5.74) is -0.603.